The average molecular weight is 382 g/mol. The summed E-state index contributed by atoms with van der Waals surface area (Å²) < 4.78 is 5.65. The molecule has 6 heteroatoms. The van der Waals surface area contributed by atoms with Gasteiger partial charge in [0.1, 0.15) is 18.4 Å². The standard InChI is InChI=1S/C22H26N2O4/c1-13(2)11-18(24-21(26)14-7-3-4-8-15(14)22(24)27)20(25)23-17-12-28-19-10-6-5-9-16(17)19/h3-6,9-10,13-15,17-18H,7-8,11-12H2,1-2H3,(H,23,25)/t14-,15+,17-,18-/m1/s1. The highest BCUT2D eigenvalue weighted by molar-refractivity contribution is 6.08. The lowest BCUT2D eigenvalue weighted by Crippen LogP contribution is -2.51. The van der Waals surface area contributed by atoms with Crippen LogP contribution in [0.3, 0.4) is 0 Å². The molecule has 3 aliphatic rings. The maximum absolute atomic E-state index is 13.2. The summed E-state index contributed by atoms with van der Waals surface area (Å²) in [6.07, 6.45) is 5.52. The monoisotopic (exact) mass is 382 g/mol. The molecule has 0 bridgehead atoms. The van der Waals surface area contributed by atoms with Crippen LogP contribution in [0.1, 0.15) is 44.7 Å². The summed E-state index contributed by atoms with van der Waals surface area (Å²) in [5.41, 5.74) is 0.927. The number of nitrogens with one attached hydrogen (secondary N) is 1. The van der Waals surface area contributed by atoms with Crippen LogP contribution in [0, 0.1) is 17.8 Å². The van der Waals surface area contributed by atoms with Gasteiger partial charge in [0.15, 0.2) is 0 Å². The molecule has 0 saturated carbocycles. The molecule has 1 aliphatic carbocycles. The van der Waals surface area contributed by atoms with E-state index in [2.05, 4.69) is 5.32 Å². The lowest BCUT2D eigenvalue weighted by molar-refractivity contribution is -0.148. The van der Waals surface area contributed by atoms with Crippen LogP contribution in [-0.4, -0.2) is 35.3 Å². The van der Waals surface area contributed by atoms with Crippen molar-refractivity contribution in [3.8, 4) is 5.75 Å². The van der Waals surface area contributed by atoms with E-state index in [0.717, 1.165) is 11.3 Å². The van der Waals surface area contributed by atoms with E-state index in [1.807, 2.05) is 50.3 Å². The van der Waals surface area contributed by atoms with Gasteiger partial charge in [-0.25, -0.2) is 0 Å². The van der Waals surface area contributed by atoms with Crippen molar-refractivity contribution in [2.75, 3.05) is 6.61 Å². The third-order valence-corrected chi connectivity index (χ3v) is 5.87. The Hall–Kier alpha value is -2.63. The molecule has 2 heterocycles. The van der Waals surface area contributed by atoms with Crippen LogP contribution in [-0.2, 0) is 14.4 Å². The number of hydrogen-bond acceptors (Lipinski definition) is 4. The van der Waals surface area contributed by atoms with Gasteiger partial charge in [0.2, 0.25) is 17.7 Å². The molecule has 4 rings (SSSR count). The van der Waals surface area contributed by atoms with E-state index in [4.69, 9.17) is 4.74 Å². The Balaban J connectivity index is 1.56. The molecule has 0 spiro atoms. The van der Waals surface area contributed by atoms with Crippen molar-refractivity contribution in [3.05, 3.63) is 42.0 Å². The predicted octanol–water partition coefficient (Wildman–Crippen LogP) is 2.60. The molecule has 1 N–H and O–H groups in total. The molecule has 1 fully saturated rings. The Morgan fingerprint density at radius 3 is 2.43 bits per heavy atom. The summed E-state index contributed by atoms with van der Waals surface area (Å²) >= 11 is 0. The van der Waals surface area contributed by atoms with E-state index in [0.29, 0.717) is 25.9 Å². The zero-order valence-electron chi connectivity index (χ0n) is 16.3. The number of nitrogens with zero attached hydrogens (tertiary/aromatic N) is 1. The van der Waals surface area contributed by atoms with Crippen LogP contribution in [0.15, 0.2) is 36.4 Å². The second-order valence-corrected chi connectivity index (χ2v) is 8.26. The minimum Gasteiger partial charge on any atom is -0.491 e. The Morgan fingerprint density at radius 2 is 1.79 bits per heavy atom. The van der Waals surface area contributed by atoms with Crippen molar-refractivity contribution in [1.82, 2.24) is 10.2 Å². The van der Waals surface area contributed by atoms with Crippen LogP contribution < -0.4 is 10.1 Å². The van der Waals surface area contributed by atoms with Crippen LogP contribution in [0.4, 0.5) is 0 Å². The second kappa shape index (κ2) is 7.41. The molecule has 1 aromatic rings. The highest BCUT2D eigenvalue weighted by Crippen LogP contribution is 2.37. The summed E-state index contributed by atoms with van der Waals surface area (Å²) in [6.45, 7) is 4.35. The van der Waals surface area contributed by atoms with Crippen LogP contribution in [0.2, 0.25) is 0 Å². The molecule has 4 atom stereocenters. The van der Waals surface area contributed by atoms with Gasteiger partial charge in [-0.2, -0.15) is 0 Å². The minimum atomic E-state index is -0.779. The quantitative estimate of drug-likeness (QED) is 0.627. The smallest absolute Gasteiger partial charge is 0.243 e. The lowest BCUT2D eigenvalue weighted by Gasteiger charge is -2.28. The number of allylic oxidation sites excluding steroid dienone is 2. The Morgan fingerprint density at radius 1 is 1.14 bits per heavy atom. The van der Waals surface area contributed by atoms with Gasteiger partial charge in [0.05, 0.1) is 17.9 Å². The minimum absolute atomic E-state index is 0.171. The number of carbonyl (C=O) groups is 3. The molecule has 2 aliphatic heterocycles. The van der Waals surface area contributed by atoms with E-state index < -0.39 is 6.04 Å². The van der Waals surface area contributed by atoms with E-state index in [9.17, 15) is 14.4 Å². The maximum atomic E-state index is 13.2. The number of hydrogen-bond donors (Lipinski definition) is 1. The van der Waals surface area contributed by atoms with Crippen molar-refractivity contribution >= 4 is 17.7 Å². The maximum Gasteiger partial charge on any atom is 0.243 e. The first kappa shape index (κ1) is 18.7. The molecular formula is C22H26N2O4. The molecule has 0 unspecified atom stereocenters. The van der Waals surface area contributed by atoms with Gasteiger partial charge in [-0.3, -0.25) is 19.3 Å². The molecule has 148 valence electrons. The number of benzene rings is 1. The zero-order valence-corrected chi connectivity index (χ0v) is 16.3. The van der Waals surface area contributed by atoms with E-state index >= 15 is 0 Å². The van der Waals surface area contributed by atoms with Gasteiger partial charge in [-0.15, -0.1) is 0 Å². The Kier molecular flexibility index (Phi) is 4.96. The molecule has 3 amide bonds. The molecular weight excluding hydrogens is 356 g/mol. The third-order valence-electron chi connectivity index (χ3n) is 5.87. The van der Waals surface area contributed by atoms with Crippen molar-refractivity contribution in [1.29, 1.82) is 0 Å². The van der Waals surface area contributed by atoms with Gasteiger partial charge < -0.3 is 10.1 Å². The van der Waals surface area contributed by atoms with Crippen molar-refractivity contribution in [3.63, 3.8) is 0 Å². The molecule has 1 saturated heterocycles. The number of carbonyl (C=O) groups excluding carboxylic acids is 3. The molecule has 1 aromatic carbocycles. The van der Waals surface area contributed by atoms with Crippen LogP contribution >= 0.6 is 0 Å². The van der Waals surface area contributed by atoms with Gasteiger partial charge in [0, 0.05) is 5.56 Å². The third kappa shape index (κ3) is 3.21. The van der Waals surface area contributed by atoms with Gasteiger partial charge >= 0.3 is 0 Å². The summed E-state index contributed by atoms with van der Waals surface area (Å²) in [7, 11) is 0. The highest BCUT2D eigenvalue weighted by atomic mass is 16.5. The first-order valence-corrected chi connectivity index (χ1v) is 10.0. The van der Waals surface area contributed by atoms with Crippen molar-refractivity contribution in [2.45, 2.75) is 45.2 Å². The van der Waals surface area contributed by atoms with Gasteiger partial charge in [-0.1, -0.05) is 44.2 Å². The fourth-order valence-corrected chi connectivity index (χ4v) is 4.46. The number of fused-ring (bicyclic) bond motifs is 2. The number of para-hydroxylation sites is 1. The Labute approximate surface area is 164 Å². The Bertz CT molecular complexity index is 806. The second-order valence-electron chi connectivity index (χ2n) is 8.26. The van der Waals surface area contributed by atoms with Crippen molar-refractivity contribution in [2.24, 2.45) is 17.8 Å². The van der Waals surface area contributed by atoms with E-state index in [-0.39, 0.29) is 41.5 Å². The van der Waals surface area contributed by atoms with E-state index in [1.54, 1.807) is 0 Å². The lowest BCUT2D eigenvalue weighted by atomic mass is 9.85. The number of likely N-dealkylation sites (tertiary alicyclic amines) is 1. The zero-order chi connectivity index (χ0) is 19.8. The van der Waals surface area contributed by atoms with Crippen molar-refractivity contribution < 1.29 is 19.1 Å². The summed E-state index contributed by atoms with van der Waals surface area (Å²) in [5.74, 6) is -0.410. The van der Waals surface area contributed by atoms with Crippen LogP contribution in [0.5, 0.6) is 5.75 Å². The summed E-state index contributed by atoms with van der Waals surface area (Å²) in [5, 5.41) is 3.01. The largest absolute Gasteiger partial charge is 0.491 e. The number of amides is 3. The van der Waals surface area contributed by atoms with Gasteiger partial charge in [-0.05, 0) is 31.2 Å². The molecule has 0 aromatic heterocycles. The normalized spacial score (nSPS) is 26.8. The molecule has 28 heavy (non-hydrogen) atoms. The summed E-state index contributed by atoms with van der Waals surface area (Å²) in [6, 6.07) is 6.55. The predicted molar refractivity (Wildman–Crippen MR) is 103 cm³/mol. The average Bonchev–Trinajstić information content (AvgIpc) is 3.20. The fourth-order valence-electron chi connectivity index (χ4n) is 4.46. The number of rotatable bonds is 5. The SMILES string of the molecule is CC(C)C[C@H](C(=O)N[C@@H]1COc2ccccc21)N1C(=O)[C@H]2CC=CC[C@H]2C1=O. The van der Waals surface area contributed by atoms with E-state index in [1.165, 1.54) is 4.90 Å². The topological polar surface area (TPSA) is 75.7 Å². The molecule has 6 nitrogen and oxygen atoms in total. The van der Waals surface area contributed by atoms with Gasteiger partial charge in [0.25, 0.3) is 0 Å². The highest BCUT2D eigenvalue weighted by Gasteiger charge is 2.51. The number of imide groups is 1. The first-order chi connectivity index (χ1) is 13.5. The molecule has 0 radical (unpaired) electrons. The fraction of sp³-hybridized carbons (Fsp3) is 0.500. The summed E-state index contributed by atoms with van der Waals surface area (Å²) in [4.78, 5) is 40.4. The number of ether oxygens (including phenoxy) is 1. The first-order valence-electron chi connectivity index (χ1n) is 10.0. The van der Waals surface area contributed by atoms with Crippen LogP contribution in [0.25, 0.3) is 0 Å².